The standard InChI is InChI=1S/C27H28F2N4O4/c1-27(2,16-34)9-8-17-4-7-24-23(11-17)33(3)25(35)22(15-37-24)32-26(36)31-14-18(13-30)10-19-5-6-20(28)12-21(19)29/h4-7,11-14,22,34H,10,15-16,30H2,1-3H3,(H,32,36)/b18-13-,31-14+. The number of allylic oxidation sites excluding steroid dienone is 1. The number of ether oxygens (including phenoxy) is 1. The molecule has 0 fully saturated rings. The lowest BCUT2D eigenvalue weighted by atomic mass is 9.95. The van der Waals surface area contributed by atoms with Gasteiger partial charge in [-0.3, -0.25) is 4.79 Å². The number of aliphatic imine (C=N–C) groups is 1. The molecule has 2 aromatic rings. The Morgan fingerprint density at radius 2 is 2.08 bits per heavy atom. The van der Waals surface area contributed by atoms with Crippen LogP contribution in [0.4, 0.5) is 19.3 Å². The van der Waals surface area contributed by atoms with E-state index in [0.717, 1.165) is 24.5 Å². The summed E-state index contributed by atoms with van der Waals surface area (Å²) in [5, 5.41) is 11.9. The molecule has 1 atom stereocenters. The molecule has 194 valence electrons. The fourth-order valence-electron chi connectivity index (χ4n) is 3.32. The lowest BCUT2D eigenvalue weighted by Gasteiger charge is -2.20. The van der Waals surface area contributed by atoms with E-state index in [-0.39, 0.29) is 25.2 Å². The van der Waals surface area contributed by atoms with Crippen LogP contribution in [0.2, 0.25) is 0 Å². The second kappa shape index (κ2) is 11.7. The van der Waals surface area contributed by atoms with Crippen molar-refractivity contribution >= 4 is 23.8 Å². The first-order valence-electron chi connectivity index (χ1n) is 11.4. The Kier molecular flexibility index (Phi) is 8.63. The van der Waals surface area contributed by atoms with Crippen LogP contribution < -0.4 is 20.7 Å². The van der Waals surface area contributed by atoms with Gasteiger partial charge in [-0.05, 0) is 55.4 Å². The van der Waals surface area contributed by atoms with Crippen LogP contribution in [0.5, 0.6) is 5.75 Å². The number of carbonyl (C=O) groups excluding carboxylic acids is 2. The summed E-state index contributed by atoms with van der Waals surface area (Å²) < 4.78 is 32.8. The highest BCUT2D eigenvalue weighted by Crippen LogP contribution is 2.31. The number of nitrogens with one attached hydrogen (secondary N) is 1. The molecule has 10 heteroatoms. The minimum absolute atomic E-state index is 0.0103. The molecule has 0 aliphatic carbocycles. The highest BCUT2D eigenvalue weighted by molar-refractivity contribution is 6.01. The van der Waals surface area contributed by atoms with Crippen molar-refractivity contribution in [2.45, 2.75) is 26.3 Å². The van der Waals surface area contributed by atoms with Crippen molar-refractivity contribution in [1.82, 2.24) is 5.32 Å². The van der Waals surface area contributed by atoms with Gasteiger partial charge in [0, 0.05) is 36.7 Å². The van der Waals surface area contributed by atoms with E-state index in [0.29, 0.717) is 22.6 Å². The minimum Gasteiger partial charge on any atom is -0.489 e. The van der Waals surface area contributed by atoms with Gasteiger partial charge >= 0.3 is 6.03 Å². The van der Waals surface area contributed by atoms with Crippen molar-refractivity contribution in [3.8, 4) is 17.6 Å². The number of hydrogen-bond donors (Lipinski definition) is 3. The van der Waals surface area contributed by atoms with Crippen LogP contribution in [0.15, 0.2) is 53.2 Å². The third kappa shape index (κ3) is 7.15. The number of rotatable bonds is 5. The van der Waals surface area contributed by atoms with Gasteiger partial charge in [-0.15, -0.1) is 0 Å². The van der Waals surface area contributed by atoms with E-state index < -0.39 is 35.0 Å². The van der Waals surface area contributed by atoms with Crippen LogP contribution >= 0.6 is 0 Å². The first-order chi connectivity index (χ1) is 17.5. The Hall–Kier alpha value is -4.23. The van der Waals surface area contributed by atoms with E-state index in [9.17, 15) is 23.5 Å². The maximum Gasteiger partial charge on any atom is 0.341 e. The number of anilines is 1. The highest BCUT2D eigenvalue weighted by Gasteiger charge is 2.30. The molecule has 0 aromatic heterocycles. The van der Waals surface area contributed by atoms with Crippen LogP contribution in [0, 0.1) is 28.9 Å². The number of fused-ring (bicyclic) bond motifs is 1. The summed E-state index contributed by atoms with van der Waals surface area (Å²) in [7, 11) is 1.56. The molecule has 4 N–H and O–H groups in total. The largest absolute Gasteiger partial charge is 0.489 e. The number of aliphatic hydroxyl groups is 1. The topological polar surface area (TPSA) is 117 Å². The number of nitrogens with zero attached hydrogens (tertiary/aromatic N) is 2. The van der Waals surface area contributed by atoms with E-state index in [1.165, 1.54) is 11.0 Å². The van der Waals surface area contributed by atoms with Crippen LogP contribution in [-0.2, 0) is 11.2 Å². The van der Waals surface area contributed by atoms with E-state index in [1.807, 2.05) is 13.8 Å². The number of hydrogen-bond acceptors (Lipinski definition) is 5. The van der Waals surface area contributed by atoms with Gasteiger partial charge in [0.15, 0.2) is 0 Å². The molecule has 0 spiro atoms. The molecule has 1 aliphatic heterocycles. The van der Waals surface area contributed by atoms with Crippen molar-refractivity contribution in [3.05, 3.63) is 70.9 Å². The molecular weight excluding hydrogens is 482 g/mol. The van der Waals surface area contributed by atoms with Gasteiger partial charge in [0.05, 0.1) is 12.3 Å². The molecule has 0 saturated heterocycles. The Morgan fingerprint density at radius 3 is 2.76 bits per heavy atom. The minimum atomic E-state index is -1.02. The number of aliphatic hydroxyl groups excluding tert-OH is 1. The third-order valence-corrected chi connectivity index (χ3v) is 5.56. The first-order valence-corrected chi connectivity index (χ1v) is 11.4. The van der Waals surface area contributed by atoms with Gasteiger partial charge in [0.25, 0.3) is 5.91 Å². The number of urea groups is 1. The van der Waals surface area contributed by atoms with Gasteiger partial charge in [-0.1, -0.05) is 17.9 Å². The molecule has 3 amide bonds. The summed E-state index contributed by atoms with van der Waals surface area (Å²) >= 11 is 0. The number of benzene rings is 2. The smallest absolute Gasteiger partial charge is 0.341 e. The molecule has 0 bridgehead atoms. The SMILES string of the molecule is CN1C(=O)C(NC(=O)/N=C/C(=C\N)Cc2ccc(F)cc2F)COc2ccc(C#CC(C)(C)CO)cc21. The maximum absolute atomic E-state index is 13.9. The fourth-order valence-corrected chi connectivity index (χ4v) is 3.32. The summed E-state index contributed by atoms with van der Waals surface area (Å²) in [6, 6.07) is 6.43. The quantitative estimate of drug-likeness (QED) is 0.423. The van der Waals surface area contributed by atoms with Crippen molar-refractivity contribution < 1.29 is 28.2 Å². The Labute approximate surface area is 213 Å². The molecule has 2 aromatic carbocycles. The zero-order chi connectivity index (χ0) is 27.2. The molecule has 1 heterocycles. The molecule has 0 radical (unpaired) electrons. The second-order valence-electron chi connectivity index (χ2n) is 9.10. The normalized spacial score (nSPS) is 15.9. The predicted octanol–water partition coefficient (Wildman–Crippen LogP) is 2.92. The monoisotopic (exact) mass is 510 g/mol. The summed E-state index contributed by atoms with van der Waals surface area (Å²) in [5.41, 5.74) is 6.59. The summed E-state index contributed by atoms with van der Waals surface area (Å²) in [6.45, 7) is 3.40. The fraction of sp³-hybridized carbons (Fsp3) is 0.296. The van der Waals surface area contributed by atoms with Gasteiger partial charge < -0.3 is 25.8 Å². The number of halogens is 2. The van der Waals surface area contributed by atoms with Gasteiger partial charge in [0.1, 0.15) is 30.0 Å². The molecule has 1 unspecified atom stereocenters. The number of likely N-dealkylation sites (N-methyl/N-ethyl adjacent to an activating group) is 1. The van der Waals surface area contributed by atoms with E-state index in [2.05, 4.69) is 22.2 Å². The van der Waals surface area contributed by atoms with Crippen LogP contribution in [0.3, 0.4) is 0 Å². The Balaban J connectivity index is 1.68. The van der Waals surface area contributed by atoms with E-state index in [1.54, 1.807) is 25.2 Å². The number of amides is 3. The highest BCUT2D eigenvalue weighted by atomic mass is 19.1. The maximum atomic E-state index is 13.9. The Bertz CT molecular complexity index is 1310. The predicted molar refractivity (Wildman–Crippen MR) is 136 cm³/mol. The number of nitrogens with two attached hydrogens (primary N) is 1. The zero-order valence-electron chi connectivity index (χ0n) is 20.7. The molecule has 3 rings (SSSR count). The zero-order valence-corrected chi connectivity index (χ0v) is 20.7. The number of carbonyl (C=O) groups is 2. The lowest BCUT2D eigenvalue weighted by Crippen LogP contribution is -2.48. The first kappa shape index (κ1) is 27.4. The third-order valence-electron chi connectivity index (χ3n) is 5.56. The summed E-state index contributed by atoms with van der Waals surface area (Å²) in [4.78, 5) is 30.6. The summed E-state index contributed by atoms with van der Waals surface area (Å²) in [6.07, 6.45) is 2.30. The molecule has 8 nitrogen and oxygen atoms in total. The van der Waals surface area contributed by atoms with Gasteiger partial charge in [0.2, 0.25) is 0 Å². The van der Waals surface area contributed by atoms with Crippen molar-refractivity contribution in [2.75, 3.05) is 25.2 Å². The molecular formula is C27H28F2N4O4. The average Bonchev–Trinajstić information content (AvgIpc) is 2.98. The summed E-state index contributed by atoms with van der Waals surface area (Å²) in [5.74, 6) is 4.55. The second-order valence-corrected chi connectivity index (χ2v) is 9.10. The van der Waals surface area contributed by atoms with Crippen LogP contribution in [0.1, 0.15) is 25.0 Å². The molecule has 0 saturated carbocycles. The molecule has 1 aliphatic rings. The Morgan fingerprint density at radius 1 is 1.32 bits per heavy atom. The van der Waals surface area contributed by atoms with Crippen LogP contribution in [0.25, 0.3) is 0 Å². The lowest BCUT2D eigenvalue weighted by molar-refractivity contribution is -0.120. The average molecular weight is 511 g/mol. The van der Waals surface area contributed by atoms with Crippen molar-refractivity contribution in [1.29, 1.82) is 0 Å². The van der Waals surface area contributed by atoms with Crippen LogP contribution in [-0.4, -0.2) is 49.6 Å². The van der Waals surface area contributed by atoms with Crippen molar-refractivity contribution in [2.24, 2.45) is 16.1 Å². The van der Waals surface area contributed by atoms with E-state index in [4.69, 9.17) is 10.5 Å². The molecule has 37 heavy (non-hydrogen) atoms. The van der Waals surface area contributed by atoms with Gasteiger partial charge in [-0.25, -0.2) is 18.6 Å². The van der Waals surface area contributed by atoms with E-state index >= 15 is 0 Å². The van der Waals surface area contributed by atoms with Gasteiger partial charge in [-0.2, -0.15) is 0 Å². The van der Waals surface area contributed by atoms with Crippen molar-refractivity contribution in [3.63, 3.8) is 0 Å².